The van der Waals surface area contributed by atoms with Crippen LogP contribution in [0.4, 0.5) is 0 Å². The van der Waals surface area contributed by atoms with E-state index in [0.717, 1.165) is 5.75 Å². The molecule has 0 spiro atoms. The quantitative estimate of drug-likeness (QED) is 0.854. The first-order valence-electron chi connectivity index (χ1n) is 5.95. The van der Waals surface area contributed by atoms with Gasteiger partial charge in [0, 0.05) is 6.42 Å². The molecule has 0 fully saturated rings. The van der Waals surface area contributed by atoms with E-state index in [1.165, 1.54) is 0 Å². The molecule has 1 unspecified atom stereocenters. The molecule has 1 N–H and O–H groups in total. The maximum Gasteiger partial charge on any atom is 0.133 e. The van der Waals surface area contributed by atoms with Crippen LogP contribution in [-0.2, 0) is 0 Å². The third kappa shape index (κ3) is 2.52. The van der Waals surface area contributed by atoms with Crippen LogP contribution in [0.25, 0.3) is 0 Å². The summed E-state index contributed by atoms with van der Waals surface area (Å²) >= 11 is 0. The summed E-state index contributed by atoms with van der Waals surface area (Å²) in [4.78, 5) is 0. The van der Waals surface area contributed by atoms with Gasteiger partial charge in [-0.1, -0.05) is 32.0 Å². The molecule has 2 rings (SSSR count). The van der Waals surface area contributed by atoms with Crippen molar-refractivity contribution < 1.29 is 9.84 Å². The number of rotatable bonds is 3. The highest BCUT2D eigenvalue weighted by atomic mass is 16.5. The molecule has 0 heterocycles. The largest absolute Gasteiger partial charge is 0.508 e. The van der Waals surface area contributed by atoms with Crippen LogP contribution in [0.5, 0.6) is 5.75 Å². The third-order valence-electron chi connectivity index (χ3n) is 3.19. The van der Waals surface area contributed by atoms with Gasteiger partial charge in [-0.05, 0) is 36.3 Å². The molecule has 0 radical (unpaired) electrons. The highest BCUT2D eigenvalue weighted by Gasteiger charge is 2.34. The highest BCUT2D eigenvalue weighted by Crippen LogP contribution is 2.33. The van der Waals surface area contributed by atoms with Crippen molar-refractivity contribution in [2.24, 2.45) is 5.92 Å². The Morgan fingerprint density at radius 2 is 1.94 bits per heavy atom. The second kappa shape index (κ2) is 4.66. The summed E-state index contributed by atoms with van der Waals surface area (Å²) in [5.41, 5.74) is -0.354. The van der Waals surface area contributed by atoms with Crippen LogP contribution >= 0.6 is 0 Å². The van der Waals surface area contributed by atoms with Crippen LogP contribution < -0.4 is 4.74 Å². The second-order valence-electron chi connectivity index (χ2n) is 4.69. The van der Waals surface area contributed by atoms with Gasteiger partial charge in [0.25, 0.3) is 0 Å². The zero-order valence-electron chi connectivity index (χ0n) is 10.3. The lowest BCUT2D eigenvalue weighted by atomic mass is 9.83. The van der Waals surface area contributed by atoms with Crippen molar-refractivity contribution in [3.63, 3.8) is 0 Å². The molecule has 0 aliphatic heterocycles. The zero-order valence-corrected chi connectivity index (χ0v) is 10.3. The summed E-state index contributed by atoms with van der Waals surface area (Å²) < 4.78 is 6.11. The Morgan fingerprint density at radius 3 is 2.47 bits per heavy atom. The average Bonchev–Trinajstić information content (AvgIpc) is 2.33. The summed E-state index contributed by atoms with van der Waals surface area (Å²) in [6.07, 6.45) is 6.18. The molecule has 0 saturated heterocycles. The Kier molecular flexibility index (Phi) is 3.23. The molecule has 1 aromatic carbocycles. The molecular formula is C15H18O2. The molecule has 0 amide bonds. The zero-order chi connectivity index (χ0) is 12.3. The molecule has 2 nitrogen and oxygen atoms in total. The van der Waals surface area contributed by atoms with Crippen LogP contribution in [0.2, 0.25) is 0 Å². The standard InChI is InChI=1S/C15H18O2/c1-12(2)15(10-8-13(16)9-11-15)17-14-6-4-3-5-7-14/h3-10,12,16H,11H2,1-2H3. The molecule has 0 bridgehead atoms. The molecule has 0 aromatic heterocycles. The Morgan fingerprint density at radius 1 is 1.24 bits per heavy atom. The van der Waals surface area contributed by atoms with E-state index in [1.807, 2.05) is 42.5 Å². The van der Waals surface area contributed by atoms with Crippen molar-refractivity contribution in [3.8, 4) is 5.75 Å². The number of para-hydroxylation sites is 1. The van der Waals surface area contributed by atoms with Crippen LogP contribution in [0, 0.1) is 5.92 Å². The lowest BCUT2D eigenvalue weighted by Gasteiger charge is -2.36. The van der Waals surface area contributed by atoms with Crippen molar-refractivity contribution in [1.29, 1.82) is 0 Å². The number of aliphatic hydroxyl groups is 1. The smallest absolute Gasteiger partial charge is 0.133 e. The summed E-state index contributed by atoms with van der Waals surface area (Å²) in [5, 5.41) is 9.41. The fourth-order valence-corrected chi connectivity index (χ4v) is 1.96. The van der Waals surface area contributed by atoms with E-state index in [9.17, 15) is 5.11 Å². The van der Waals surface area contributed by atoms with Crippen molar-refractivity contribution in [1.82, 2.24) is 0 Å². The van der Waals surface area contributed by atoms with E-state index >= 15 is 0 Å². The SMILES string of the molecule is CC(C)C1(Oc2ccccc2)C=CC(O)=CC1. The summed E-state index contributed by atoms with van der Waals surface area (Å²) in [5.74, 6) is 1.52. The average molecular weight is 230 g/mol. The Hall–Kier alpha value is -1.70. The monoisotopic (exact) mass is 230 g/mol. The summed E-state index contributed by atoms with van der Waals surface area (Å²) in [6, 6.07) is 9.80. The number of benzene rings is 1. The maximum absolute atomic E-state index is 9.41. The van der Waals surface area contributed by atoms with Gasteiger partial charge in [0.05, 0.1) is 0 Å². The van der Waals surface area contributed by atoms with Crippen LogP contribution in [-0.4, -0.2) is 10.7 Å². The van der Waals surface area contributed by atoms with E-state index in [0.29, 0.717) is 18.1 Å². The third-order valence-corrected chi connectivity index (χ3v) is 3.19. The fraction of sp³-hybridized carbons (Fsp3) is 0.333. The first-order chi connectivity index (χ1) is 8.12. The summed E-state index contributed by atoms with van der Waals surface area (Å²) in [7, 11) is 0. The molecule has 2 heteroatoms. The number of aliphatic hydroxyl groups excluding tert-OH is 1. The highest BCUT2D eigenvalue weighted by molar-refractivity contribution is 5.28. The van der Waals surface area contributed by atoms with Gasteiger partial charge < -0.3 is 9.84 Å². The van der Waals surface area contributed by atoms with Crippen molar-refractivity contribution in [3.05, 3.63) is 54.3 Å². The number of allylic oxidation sites excluding steroid dienone is 1. The van der Waals surface area contributed by atoms with Gasteiger partial charge in [0.2, 0.25) is 0 Å². The van der Waals surface area contributed by atoms with Crippen molar-refractivity contribution in [2.45, 2.75) is 25.9 Å². The van der Waals surface area contributed by atoms with Gasteiger partial charge in [-0.15, -0.1) is 0 Å². The molecule has 90 valence electrons. The molecule has 1 aliphatic rings. The molecular weight excluding hydrogens is 212 g/mol. The first kappa shape index (κ1) is 11.8. The van der Waals surface area contributed by atoms with Crippen molar-refractivity contribution >= 4 is 0 Å². The molecule has 0 saturated carbocycles. The maximum atomic E-state index is 9.41. The van der Waals surface area contributed by atoms with Gasteiger partial charge in [0.1, 0.15) is 17.1 Å². The van der Waals surface area contributed by atoms with Crippen LogP contribution in [0.3, 0.4) is 0 Å². The minimum Gasteiger partial charge on any atom is -0.508 e. The van der Waals surface area contributed by atoms with Gasteiger partial charge in [-0.25, -0.2) is 0 Å². The van der Waals surface area contributed by atoms with Gasteiger partial charge >= 0.3 is 0 Å². The van der Waals surface area contributed by atoms with Crippen molar-refractivity contribution in [2.75, 3.05) is 0 Å². The Balaban J connectivity index is 2.23. The minimum atomic E-state index is -0.354. The molecule has 1 atom stereocenters. The normalized spacial score (nSPS) is 23.6. The Bertz CT molecular complexity index is 431. The van der Waals surface area contributed by atoms with E-state index < -0.39 is 0 Å². The lowest BCUT2D eigenvalue weighted by Crippen LogP contribution is -2.40. The Labute approximate surface area is 102 Å². The van der Waals surface area contributed by atoms with Gasteiger partial charge in [-0.2, -0.15) is 0 Å². The van der Waals surface area contributed by atoms with Crippen LogP contribution in [0.1, 0.15) is 20.3 Å². The number of ether oxygens (including phenoxy) is 1. The lowest BCUT2D eigenvalue weighted by molar-refractivity contribution is 0.0703. The minimum absolute atomic E-state index is 0.318. The molecule has 1 aromatic rings. The molecule has 1 aliphatic carbocycles. The van der Waals surface area contributed by atoms with E-state index in [2.05, 4.69) is 13.8 Å². The summed E-state index contributed by atoms with van der Waals surface area (Å²) in [6.45, 7) is 4.26. The fourth-order valence-electron chi connectivity index (χ4n) is 1.96. The van der Waals surface area contributed by atoms with Gasteiger partial charge in [-0.3, -0.25) is 0 Å². The van der Waals surface area contributed by atoms with Gasteiger partial charge in [0.15, 0.2) is 0 Å². The number of hydrogen-bond donors (Lipinski definition) is 1. The van der Waals surface area contributed by atoms with E-state index in [-0.39, 0.29) is 5.60 Å². The van der Waals surface area contributed by atoms with E-state index in [4.69, 9.17) is 4.74 Å². The second-order valence-corrected chi connectivity index (χ2v) is 4.69. The van der Waals surface area contributed by atoms with E-state index in [1.54, 1.807) is 6.08 Å². The molecule has 17 heavy (non-hydrogen) atoms. The predicted molar refractivity (Wildman–Crippen MR) is 69.1 cm³/mol. The first-order valence-corrected chi connectivity index (χ1v) is 5.95. The number of hydrogen-bond acceptors (Lipinski definition) is 2. The topological polar surface area (TPSA) is 29.5 Å². The van der Waals surface area contributed by atoms with Crippen LogP contribution in [0.15, 0.2) is 54.3 Å². The predicted octanol–water partition coefficient (Wildman–Crippen LogP) is 3.86.